The van der Waals surface area contributed by atoms with E-state index in [1.807, 2.05) is 13.8 Å². The summed E-state index contributed by atoms with van der Waals surface area (Å²) in [6.07, 6.45) is 2.82. The number of piperidine rings is 1. The van der Waals surface area contributed by atoms with Crippen LogP contribution in [0.2, 0.25) is 5.02 Å². The van der Waals surface area contributed by atoms with Crippen LogP contribution in [-0.4, -0.2) is 42.7 Å². The molecule has 3 atom stereocenters. The van der Waals surface area contributed by atoms with E-state index in [4.69, 9.17) is 17.3 Å². The number of carbonyl (C=O) groups is 2. The van der Waals surface area contributed by atoms with Gasteiger partial charge in [0, 0.05) is 29.4 Å². The highest BCUT2D eigenvalue weighted by Gasteiger charge is 2.47. The van der Waals surface area contributed by atoms with Gasteiger partial charge in [-0.05, 0) is 74.9 Å². The molecule has 4 N–H and O–H groups in total. The maximum atomic E-state index is 13.5. The molecule has 8 nitrogen and oxygen atoms in total. The summed E-state index contributed by atoms with van der Waals surface area (Å²) in [6, 6.07) is 9.55. The van der Waals surface area contributed by atoms with Gasteiger partial charge in [0.1, 0.15) is 0 Å². The van der Waals surface area contributed by atoms with Crippen molar-refractivity contribution in [2.45, 2.75) is 74.5 Å². The fourth-order valence-corrected chi connectivity index (χ4v) is 7.65. The summed E-state index contributed by atoms with van der Waals surface area (Å²) in [5, 5.41) is 6.05. The van der Waals surface area contributed by atoms with Crippen LogP contribution in [0, 0.1) is 0 Å². The van der Waals surface area contributed by atoms with E-state index in [2.05, 4.69) is 10.6 Å². The fraction of sp³-hybridized carbons (Fsp3) is 0.440. The summed E-state index contributed by atoms with van der Waals surface area (Å²) in [6.45, 7) is 3.75. The summed E-state index contributed by atoms with van der Waals surface area (Å²) >= 11 is 6.32. The van der Waals surface area contributed by atoms with Gasteiger partial charge < -0.3 is 16.4 Å². The first-order chi connectivity index (χ1) is 16.4. The van der Waals surface area contributed by atoms with Crippen molar-refractivity contribution in [3.63, 3.8) is 0 Å². The number of hydrogen-bond acceptors (Lipinski definition) is 5. The molecule has 0 spiro atoms. The highest BCUT2D eigenvalue weighted by atomic mass is 35.5. The van der Waals surface area contributed by atoms with Gasteiger partial charge >= 0.3 is 0 Å². The molecule has 0 radical (unpaired) electrons. The number of benzene rings is 2. The van der Waals surface area contributed by atoms with Crippen molar-refractivity contribution in [2.24, 2.45) is 5.73 Å². The molecule has 2 fully saturated rings. The Morgan fingerprint density at radius 2 is 1.77 bits per heavy atom. The Balaban J connectivity index is 1.30. The number of carbonyl (C=O) groups excluding carboxylic acids is 2. The number of rotatable bonds is 5. The Kier molecular flexibility index (Phi) is 5.95. The third kappa shape index (κ3) is 4.46. The summed E-state index contributed by atoms with van der Waals surface area (Å²) in [7, 11) is -3.66. The van der Waals surface area contributed by atoms with Crippen LogP contribution in [0.25, 0.3) is 0 Å². The molecule has 0 aromatic heterocycles. The highest BCUT2D eigenvalue weighted by Crippen LogP contribution is 2.40. The van der Waals surface area contributed by atoms with Crippen LogP contribution in [0.15, 0.2) is 41.3 Å². The smallest absolute Gasteiger partial charge is 0.253 e. The molecule has 2 saturated heterocycles. The van der Waals surface area contributed by atoms with Gasteiger partial charge in [-0.3, -0.25) is 9.59 Å². The lowest BCUT2D eigenvalue weighted by molar-refractivity contribution is -0.115. The molecule has 10 heteroatoms. The number of fused-ring (bicyclic) bond motifs is 3. The lowest BCUT2D eigenvalue weighted by atomic mass is 9.96. The minimum atomic E-state index is -3.66. The van der Waals surface area contributed by atoms with Crippen molar-refractivity contribution in [3.8, 4) is 0 Å². The monoisotopic (exact) mass is 516 g/mol. The zero-order chi connectivity index (χ0) is 25.1. The van der Waals surface area contributed by atoms with E-state index in [-0.39, 0.29) is 46.3 Å². The maximum Gasteiger partial charge on any atom is 0.253 e. The molecule has 2 amide bonds. The van der Waals surface area contributed by atoms with Gasteiger partial charge in [0.05, 0.1) is 21.9 Å². The molecule has 3 aliphatic heterocycles. The second kappa shape index (κ2) is 8.58. The molecule has 0 aliphatic carbocycles. The zero-order valence-electron chi connectivity index (χ0n) is 19.7. The molecular weight excluding hydrogens is 488 g/mol. The molecule has 5 rings (SSSR count). The van der Waals surface area contributed by atoms with E-state index in [9.17, 15) is 18.0 Å². The van der Waals surface area contributed by atoms with Gasteiger partial charge in [-0.15, -0.1) is 0 Å². The largest absolute Gasteiger partial charge is 0.349 e. The Morgan fingerprint density at radius 1 is 1.14 bits per heavy atom. The van der Waals surface area contributed by atoms with Gasteiger partial charge in [-0.25, -0.2) is 8.42 Å². The Labute approximate surface area is 210 Å². The quantitative estimate of drug-likeness (QED) is 0.563. The van der Waals surface area contributed by atoms with E-state index in [0.717, 1.165) is 24.0 Å². The highest BCUT2D eigenvalue weighted by molar-refractivity contribution is 7.89. The third-order valence-corrected chi connectivity index (χ3v) is 9.57. The molecule has 2 aromatic rings. The average molecular weight is 517 g/mol. The van der Waals surface area contributed by atoms with Gasteiger partial charge in [-0.1, -0.05) is 23.7 Å². The fourth-order valence-electron chi connectivity index (χ4n) is 5.51. The molecule has 3 aliphatic rings. The van der Waals surface area contributed by atoms with Crippen LogP contribution < -0.4 is 16.4 Å². The van der Waals surface area contributed by atoms with Crippen LogP contribution in [0.1, 0.15) is 61.0 Å². The summed E-state index contributed by atoms with van der Waals surface area (Å²) in [4.78, 5) is 24.9. The molecule has 2 aromatic carbocycles. The number of hydrogen-bond donors (Lipinski definition) is 3. The number of halogens is 1. The maximum absolute atomic E-state index is 13.5. The number of sulfonamides is 1. The Bertz CT molecular complexity index is 1290. The molecule has 186 valence electrons. The average Bonchev–Trinajstić information content (AvgIpc) is 3.28. The van der Waals surface area contributed by atoms with Crippen molar-refractivity contribution in [3.05, 3.63) is 58.1 Å². The van der Waals surface area contributed by atoms with E-state index in [0.29, 0.717) is 24.1 Å². The number of nitrogens with zero attached hydrogens (tertiary/aromatic N) is 1. The van der Waals surface area contributed by atoms with Crippen LogP contribution in [0.4, 0.5) is 5.69 Å². The first-order valence-corrected chi connectivity index (χ1v) is 13.6. The van der Waals surface area contributed by atoms with E-state index in [1.165, 1.54) is 0 Å². The normalized spacial score (nSPS) is 24.2. The number of anilines is 1. The van der Waals surface area contributed by atoms with E-state index >= 15 is 0 Å². The molecule has 0 saturated carbocycles. The van der Waals surface area contributed by atoms with Crippen molar-refractivity contribution in [1.82, 2.24) is 9.62 Å². The first kappa shape index (κ1) is 24.2. The minimum absolute atomic E-state index is 0.125. The Hall–Kier alpha value is -2.46. The van der Waals surface area contributed by atoms with Crippen molar-refractivity contribution in [1.29, 1.82) is 0 Å². The lowest BCUT2D eigenvalue weighted by Crippen LogP contribution is -2.52. The van der Waals surface area contributed by atoms with Crippen molar-refractivity contribution in [2.75, 3.05) is 5.32 Å². The van der Waals surface area contributed by atoms with Gasteiger partial charge in [0.25, 0.3) is 5.91 Å². The lowest BCUT2D eigenvalue weighted by Gasteiger charge is -2.38. The van der Waals surface area contributed by atoms with Gasteiger partial charge in [-0.2, -0.15) is 4.31 Å². The Morgan fingerprint density at radius 3 is 2.37 bits per heavy atom. The summed E-state index contributed by atoms with van der Waals surface area (Å²) in [5.41, 5.74) is 8.15. The number of nitrogens with one attached hydrogen (secondary N) is 2. The van der Waals surface area contributed by atoms with E-state index in [1.54, 1.807) is 40.7 Å². The molecule has 3 heterocycles. The van der Waals surface area contributed by atoms with Crippen LogP contribution >= 0.6 is 11.6 Å². The number of amides is 2. The SMILES string of the molecule is CC(C)(N)c1ccc(S(=O)(=O)N2[C@@H]3CC[C@H]2C[C@@H](NC(=O)c2cc4c(cc2Cl)NC(=O)C4)C3)cc1. The topological polar surface area (TPSA) is 122 Å². The second-order valence-electron chi connectivity index (χ2n) is 10.3. The molecule has 2 bridgehead atoms. The summed E-state index contributed by atoms with van der Waals surface area (Å²) in [5.74, 6) is -0.432. The third-order valence-electron chi connectivity index (χ3n) is 7.24. The summed E-state index contributed by atoms with van der Waals surface area (Å²) < 4.78 is 28.6. The van der Waals surface area contributed by atoms with Crippen LogP contribution in [0.5, 0.6) is 0 Å². The predicted molar refractivity (Wildman–Crippen MR) is 134 cm³/mol. The van der Waals surface area contributed by atoms with Crippen molar-refractivity contribution < 1.29 is 18.0 Å². The number of nitrogens with two attached hydrogens (primary N) is 1. The van der Waals surface area contributed by atoms with Gasteiger partial charge in [0.15, 0.2) is 0 Å². The standard InChI is InChI=1S/C25H29ClN4O4S/c1-25(2,27)15-3-7-19(8-4-15)35(33,34)30-17-5-6-18(30)12-16(11-17)28-24(32)20-9-14-10-23(31)29-22(14)13-21(20)26/h3-4,7-9,13,16-18H,5-6,10-12,27H2,1-2H3,(H,28,32)(H,29,31)/t16-,17+,18-. The predicted octanol–water partition coefficient (Wildman–Crippen LogP) is 3.14. The molecule has 0 unspecified atom stereocenters. The molecule has 35 heavy (non-hydrogen) atoms. The second-order valence-corrected chi connectivity index (χ2v) is 12.6. The molecular formula is C25H29ClN4O4S. The zero-order valence-corrected chi connectivity index (χ0v) is 21.2. The van der Waals surface area contributed by atoms with E-state index < -0.39 is 15.6 Å². The van der Waals surface area contributed by atoms with Crippen molar-refractivity contribution >= 4 is 39.1 Å². The van der Waals surface area contributed by atoms with Crippen LogP contribution in [0.3, 0.4) is 0 Å². The van der Waals surface area contributed by atoms with Crippen LogP contribution in [-0.2, 0) is 26.8 Å². The van der Waals surface area contributed by atoms with Gasteiger partial charge in [0.2, 0.25) is 15.9 Å². The minimum Gasteiger partial charge on any atom is -0.349 e. The first-order valence-electron chi connectivity index (χ1n) is 11.8.